The van der Waals surface area contributed by atoms with Crippen molar-refractivity contribution in [3.05, 3.63) is 33.8 Å². The standard InChI is InChI=1S/C11H14BrF2N/c1-3-6(2)11(15)9-8(13)5-4-7(12)10(9)14/h4-6,11H,3,15H2,1-2H3/t6?,11-/m1/s1. The van der Waals surface area contributed by atoms with Crippen molar-refractivity contribution in [3.8, 4) is 0 Å². The lowest BCUT2D eigenvalue weighted by Gasteiger charge is -2.20. The van der Waals surface area contributed by atoms with E-state index >= 15 is 0 Å². The zero-order valence-electron chi connectivity index (χ0n) is 8.73. The summed E-state index contributed by atoms with van der Waals surface area (Å²) >= 11 is 3.02. The predicted molar refractivity (Wildman–Crippen MR) is 60.4 cm³/mol. The SMILES string of the molecule is CCC(C)[C@@H](N)c1c(F)ccc(Br)c1F. The molecule has 0 radical (unpaired) electrons. The van der Waals surface area contributed by atoms with E-state index in [4.69, 9.17) is 5.73 Å². The fourth-order valence-electron chi connectivity index (χ4n) is 1.39. The Balaban J connectivity index is 3.18. The molecule has 0 aliphatic heterocycles. The van der Waals surface area contributed by atoms with Crippen LogP contribution < -0.4 is 5.73 Å². The van der Waals surface area contributed by atoms with Crippen molar-refractivity contribution < 1.29 is 8.78 Å². The minimum absolute atomic E-state index is 0.0290. The van der Waals surface area contributed by atoms with Gasteiger partial charge in [-0.3, -0.25) is 0 Å². The van der Waals surface area contributed by atoms with Gasteiger partial charge >= 0.3 is 0 Å². The molecule has 2 N–H and O–H groups in total. The van der Waals surface area contributed by atoms with E-state index in [9.17, 15) is 8.78 Å². The van der Waals surface area contributed by atoms with Crippen molar-refractivity contribution in [2.24, 2.45) is 11.7 Å². The van der Waals surface area contributed by atoms with Crippen molar-refractivity contribution in [1.82, 2.24) is 0 Å². The molecular formula is C11H14BrF2N. The lowest BCUT2D eigenvalue weighted by molar-refractivity contribution is 0.418. The summed E-state index contributed by atoms with van der Waals surface area (Å²) in [7, 11) is 0. The van der Waals surface area contributed by atoms with Crippen molar-refractivity contribution in [2.45, 2.75) is 26.3 Å². The smallest absolute Gasteiger partial charge is 0.145 e. The summed E-state index contributed by atoms with van der Waals surface area (Å²) in [6, 6.07) is 1.97. The molecule has 0 heterocycles. The molecule has 0 aliphatic carbocycles. The molecule has 1 rings (SSSR count). The van der Waals surface area contributed by atoms with E-state index in [2.05, 4.69) is 15.9 Å². The molecule has 0 spiro atoms. The zero-order chi connectivity index (χ0) is 11.6. The number of halogens is 3. The largest absolute Gasteiger partial charge is 0.324 e. The van der Waals surface area contributed by atoms with Gasteiger partial charge in [-0.2, -0.15) is 0 Å². The molecule has 4 heteroatoms. The average Bonchev–Trinajstić information content (AvgIpc) is 2.22. The molecule has 0 bridgehead atoms. The third-order valence-electron chi connectivity index (χ3n) is 2.67. The molecule has 1 aromatic rings. The van der Waals surface area contributed by atoms with Gasteiger partial charge in [0, 0.05) is 11.6 Å². The molecule has 1 nitrogen and oxygen atoms in total. The van der Waals surface area contributed by atoms with Gasteiger partial charge in [-0.05, 0) is 34.0 Å². The molecule has 15 heavy (non-hydrogen) atoms. The third-order valence-corrected chi connectivity index (χ3v) is 3.28. The lowest BCUT2D eigenvalue weighted by Crippen LogP contribution is -2.21. The van der Waals surface area contributed by atoms with Crippen LogP contribution in [0.15, 0.2) is 16.6 Å². The topological polar surface area (TPSA) is 26.0 Å². The van der Waals surface area contributed by atoms with Gasteiger partial charge < -0.3 is 5.73 Å². The van der Waals surface area contributed by atoms with E-state index in [0.717, 1.165) is 6.42 Å². The van der Waals surface area contributed by atoms with Gasteiger partial charge in [0.25, 0.3) is 0 Å². The van der Waals surface area contributed by atoms with Gasteiger partial charge in [0.1, 0.15) is 11.6 Å². The summed E-state index contributed by atoms with van der Waals surface area (Å²) in [6.45, 7) is 3.82. The van der Waals surface area contributed by atoms with Crippen LogP contribution in [0, 0.1) is 17.6 Å². The Bertz CT molecular complexity index is 355. The predicted octanol–water partition coefficient (Wildman–Crippen LogP) is 3.77. The van der Waals surface area contributed by atoms with Crippen molar-refractivity contribution in [3.63, 3.8) is 0 Å². The van der Waals surface area contributed by atoms with Crippen LogP contribution in [0.2, 0.25) is 0 Å². The average molecular weight is 278 g/mol. The molecule has 1 aromatic carbocycles. The summed E-state index contributed by atoms with van der Waals surface area (Å²) in [5.41, 5.74) is 5.79. The second kappa shape index (κ2) is 5.03. The summed E-state index contributed by atoms with van der Waals surface area (Å²) in [6.07, 6.45) is 0.784. The van der Waals surface area contributed by atoms with Gasteiger partial charge in [0.05, 0.1) is 4.47 Å². The van der Waals surface area contributed by atoms with E-state index < -0.39 is 17.7 Å². The summed E-state index contributed by atoms with van der Waals surface area (Å²) in [5.74, 6) is -1.13. The molecule has 0 aromatic heterocycles. The number of hydrogen-bond donors (Lipinski definition) is 1. The highest BCUT2D eigenvalue weighted by Gasteiger charge is 2.22. The van der Waals surface area contributed by atoms with E-state index in [1.807, 2.05) is 13.8 Å². The lowest BCUT2D eigenvalue weighted by atomic mass is 9.92. The van der Waals surface area contributed by atoms with Crippen molar-refractivity contribution in [1.29, 1.82) is 0 Å². The molecule has 1 unspecified atom stereocenters. The normalized spacial score (nSPS) is 15.1. The number of hydrogen-bond acceptors (Lipinski definition) is 1. The van der Waals surface area contributed by atoms with E-state index in [0.29, 0.717) is 0 Å². The van der Waals surface area contributed by atoms with Crippen LogP contribution in [0.3, 0.4) is 0 Å². The van der Waals surface area contributed by atoms with E-state index in [1.54, 1.807) is 0 Å². The maximum absolute atomic E-state index is 13.6. The highest BCUT2D eigenvalue weighted by atomic mass is 79.9. The van der Waals surface area contributed by atoms with Gasteiger partial charge in [-0.25, -0.2) is 8.78 Å². The molecule has 2 atom stereocenters. The van der Waals surface area contributed by atoms with Crippen molar-refractivity contribution >= 4 is 15.9 Å². The maximum atomic E-state index is 13.6. The fourth-order valence-corrected chi connectivity index (χ4v) is 1.73. The molecular weight excluding hydrogens is 264 g/mol. The van der Waals surface area contributed by atoms with Gasteiger partial charge in [0.2, 0.25) is 0 Å². The van der Waals surface area contributed by atoms with Crippen molar-refractivity contribution in [2.75, 3.05) is 0 Å². The highest BCUT2D eigenvalue weighted by Crippen LogP contribution is 2.30. The van der Waals surface area contributed by atoms with E-state index in [1.165, 1.54) is 12.1 Å². The summed E-state index contributed by atoms with van der Waals surface area (Å²) < 4.78 is 27.3. The van der Waals surface area contributed by atoms with Gasteiger partial charge in [-0.15, -0.1) is 0 Å². The number of benzene rings is 1. The second-order valence-electron chi connectivity index (χ2n) is 3.67. The Kier molecular flexibility index (Phi) is 4.22. The summed E-state index contributed by atoms with van der Waals surface area (Å²) in [5, 5.41) is 0. The highest BCUT2D eigenvalue weighted by molar-refractivity contribution is 9.10. The second-order valence-corrected chi connectivity index (χ2v) is 4.52. The first-order valence-electron chi connectivity index (χ1n) is 4.88. The monoisotopic (exact) mass is 277 g/mol. The molecule has 0 fully saturated rings. The Morgan fingerprint density at radius 2 is 2.00 bits per heavy atom. The Hall–Kier alpha value is -0.480. The first-order valence-corrected chi connectivity index (χ1v) is 5.67. The minimum atomic E-state index is -0.604. The van der Waals surface area contributed by atoms with Crippen LogP contribution in [0.1, 0.15) is 31.9 Å². The Morgan fingerprint density at radius 3 is 2.53 bits per heavy atom. The summed E-state index contributed by atoms with van der Waals surface area (Å²) in [4.78, 5) is 0. The fraction of sp³-hybridized carbons (Fsp3) is 0.455. The van der Waals surface area contributed by atoms with Crippen LogP contribution in [0.25, 0.3) is 0 Å². The Labute approximate surface area is 96.8 Å². The molecule has 0 aliphatic rings. The zero-order valence-corrected chi connectivity index (χ0v) is 10.3. The van der Waals surface area contributed by atoms with Crippen LogP contribution in [-0.4, -0.2) is 0 Å². The molecule has 0 saturated heterocycles. The van der Waals surface area contributed by atoms with Crippen LogP contribution >= 0.6 is 15.9 Å². The molecule has 0 saturated carbocycles. The minimum Gasteiger partial charge on any atom is -0.324 e. The van der Waals surface area contributed by atoms with Crippen LogP contribution in [-0.2, 0) is 0 Å². The maximum Gasteiger partial charge on any atom is 0.145 e. The first-order chi connectivity index (χ1) is 6.99. The number of nitrogens with two attached hydrogens (primary N) is 1. The van der Waals surface area contributed by atoms with Crippen LogP contribution in [0.4, 0.5) is 8.78 Å². The first kappa shape index (κ1) is 12.6. The number of rotatable bonds is 3. The molecule has 84 valence electrons. The Morgan fingerprint density at radius 1 is 1.40 bits per heavy atom. The third kappa shape index (κ3) is 2.55. The molecule has 0 amide bonds. The quantitative estimate of drug-likeness (QED) is 0.837. The van der Waals surface area contributed by atoms with Gasteiger partial charge in [0.15, 0.2) is 0 Å². The van der Waals surface area contributed by atoms with Crippen LogP contribution in [0.5, 0.6) is 0 Å². The van der Waals surface area contributed by atoms with Gasteiger partial charge in [-0.1, -0.05) is 20.3 Å². The van der Waals surface area contributed by atoms with E-state index in [-0.39, 0.29) is 16.0 Å².